The van der Waals surface area contributed by atoms with Crippen LogP contribution in [0.3, 0.4) is 0 Å². The summed E-state index contributed by atoms with van der Waals surface area (Å²) in [6.07, 6.45) is 0. The van der Waals surface area contributed by atoms with E-state index in [1.807, 2.05) is 0 Å². The summed E-state index contributed by atoms with van der Waals surface area (Å²) in [5.41, 5.74) is 5.58. The van der Waals surface area contributed by atoms with E-state index in [2.05, 4.69) is 0 Å². The average Bonchev–Trinajstić information content (AvgIpc) is 2.04. The molecule has 0 amide bonds. The highest BCUT2D eigenvalue weighted by Crippen LogP contribution is 2.11. The van der Waals surface area contributed by atoms with Crippen LogP contribution < -0.4 is 5.73 Å². The molecular formula is C9H11NO2S. The topological polar surface area (TPSA) is 60.2 Å². The third-order valence-corrected chi connectivity index (χ3v) is 3.02. The summed E-state index contributed by atoms with van der Waals surface area (Å²) < 4.78 is 23.0. The maximum atomic E-state index is 11.5. The third-order valence-electron chi connectivity index (χ3n) is 1.41. The van der Waals surface area contributed by atoms with Gasteiger partial charge in [-0.05, 0) is 19.1 Å². The van der Waals surface area contributed by atoms with Gasteiger partial charge in [0.25, 0.3) is 0 Å². The average molecular weight is 197 g/mol. The Morgan fingerprint density at radius 1 is 1.31 bits per heavy atom. The van der Waals surface area contributed by atoms with E-state index < -0.39 is 9.84 Å². The van der Waals surface area contributed by atoms with Crippen molar-refractivity contribution in [2.75, 3.05) is 0 Å². The van der Waals surface area contributed by atoms with Gasteiger partial charge in [0.1, 0.15) is 0 Å². The minimum absolute atomic E-state index is 0.264. The molecule has 4 heteroatoms. The molecule has 0 radical (unpaired) electrons. The Balaban J connectivity index is 3.18. The smallest absolute Gasteiger partial charge is 0.201 e. The molecule has 1 rings (SSSR count). The second-order valence-corrected chi connectivity index (χ2v) is 4.52. The quantitative estimate of drug-likeness (QED) is 0.777. The first kappa shape index (κ1) is 9.80. The Bertz CT molecular complexity index is 403. The Kier molecular flexibility index (Phi) is 2.72. The molecule has 0 atom stereocenters. The standard InChI is InChI=1S/C9H11NO2S/c1-8(10)7-13(11,12)9-5-3-2-4-6-9/h2-7H,10H2,1H3/b8-7-. The molecule has 13 heavy (non-hydrogen) atoms. The van der Waals surface area contributed by atoms with Crippen molar-refractivity contribution < 1.29 is 8.42 Å². The molecule has 0 heterocycles. The molecule has 0 spiro atoms. The van der Waals surface area contributed by atoms with Gasteiger partial charge in [-0.3, -0.25) is 0 Å². The van der Waals surface area contributed by atoms with Gasteiger partial charge in [-0.15, -0.1) is 0 Å². The molecule has 1 aromatic rings. The maximum Gasteiger partial charge on any atom is 0.201 e. The summed E-state index contributed by atoms with van der Waals surface area (Å²) in [7, 11) is -3.35. The van der Waals surface area contributed by atoms with E-state index >= 15 is 0 Å². The summed E-state index contributed by atoms with van der Waals surface area (Å²) >= 11 is 0. The van der Waals surface area contributed by atoms with Gasteiger partial charge in [-0.25, -0.2) is 8.42 Å². The van der Waals surface area contributed by atoms with Crippen molar-refractivity contribution in [3.05, 3.63) is 41.4 Å². The number of nitrogens with two attached hydrogens (primary N) is 1. The lowest BCUT2D eigenvalue weighted by Crippen LogP contribution is -2.00. The highest BCUT2D eigenvalue weighted by molar-refractivity contribution is 7.94. The van der Waals surface area contributed by atoms with E-state index in [1.54, 1.807) is 25.1 Å². The number of sulfone groups is 1. The summed E-state index contributed by atoms with van der Waals surface area (Å²) in [6.45, 7) is 1.54. The first-order valence-electron chi connectivity index (χ1n) is 3.76. The van der Waals surface area contributed by atoms with Gasteiger partial charge in [0, 0.05) is 5.70 Å². The van der Waals surface area contributed by atoms with Gasteiger partial charge in [-0.2, -0.15) is 0 Å². The highest BCUT2D eigenvalue weighted by atomic mass is 32.2. The molecule has 70 valence electrons. The van der Waals surface area contributed by atoms with E-state index in [1.165, 1.54) is 12.1 Å². The lowest BCUT2D eigenvalue weighted by atomic mass is 10.4. The maximum absolute atomic E-state index is 11.5. The molecular weight excluding hydrogens is 186 g/mol. The van der Waals surface area contributed by atoms with Crippen molar-refractivity contribution in [3.63, 3.8) is 0 Å². The van der Waals surface area contributed by atoms with Crippen LogP contribution in [0.5, 0.6) is 0 Å². The van der Waals surface area contributed by atoms with Crippen LogP contribution in [0.1, 0.15) is 6.92 Å². The number of benzene rings is 1. The summed E-state index contributed by atoms with van der Waals surface area (Å²) in [5.74, 6) is 0. The molecule has 3 nitrogen and oxygen atoms in total. The second-order valence-electron chi connectivity index (χ2n) is 2.72. The zero-order valence-electron chi connectivity index (χ0n) is 7.27. The van der Waals surface area contributed by atoms with Crippen molar-refractivity contribution in [1.29, 1.82) is 0 Å². The molecule has 2 N–H and O–H groups in total. The van der Waals surface area contributed by atoms with E-state index in [4.69, 9.17) is 5.73 Å². The van der Waals surface area contributed by atoms with Crippen LogP contribution in [-0.2, 0) is 9.84 Å². The predicted octanol–water partition coefficient (Wildman–Crippen LogP) is 1.28. The van der Waals surface area contributed by atoms with Crippen LogP contribution in [0.25, 0.3) is 0 Å². The van der Waals surface area contributed by atoms with E-state index in [9.17, 15) is 8.42 Å². The lowest BCUT2D eigenvalue weighted by molar-refractivity contribution is 0.604. The molecule has 0 aromatic heterocycles. The molecule has 0 fully saturated rings. The largest absolute Gasteiger partial charge is 0.402 e. The fourth-order valence-electron chi connectivity index (χ4n) is 0.923. The van der Waals surface area contributed by atoms with Gasteiger partial charge in [0.15, 0.2) is 0 Å². The third kappa shape index (κ3) is 2.59. The van der Waals surface area contributed by atoms with Crippen LogP contribution >= 0.6 is 0 Å². The van der Waals surface area contributed by atoms with Crippen molar-refractivity contribution in [3.8, 4) is 0 Å². The Morgan fingerprint density at radius 2 is 1.85 bits per heavy atom. The van der Waals surface area contributed by atoms with Gasteiger partial charge in [0.05, 0.1) is 10.3 Å². The van der Waals surface area contributed by atoms with E-state index in [0.29, 0.717) is 0 Å². The molecule has 0 aliphatic rings. The van der Waals surface area contributed by atoms with Crippen molar-refractivity contribution >= 4 is 9.84 Å². The number of hydrogen-bond donors (Lipinski definition) is 1. The highest BCUT2D eigenvalue weighted by Gasteiger charge is 2.09. The molecule has 0 saturated heterocycles. The van der Waals surface area contributed by atoms with Gasteiger partial charge < -0.3 is 5.73 Å². The fraction of sp³-hybridized carbons (Fsp3) is 0.111. The van der Waals surface area contributed by atoms with E-state index in [0.717, 1.165) is 5.41 Å². The van der Waals surface area contributed by atoms with Crippen molar-refractivity contribution in [2.45, 2.75) is 11.8 Å². The summed E-state index contributed by atoms with van der Waals surface area (Å²) in [4.78, 5) is 0.264. The first-order chi connectivity index (χ1) is 6.02. The van der Waals surface area contributed by atoms with Gasteiger partial charge in [-0.1, -0.05) is 18.2 Å². The zero-order valence-corrected chi connectivity index (χ0v) is 8.08. The van der Waals surface area contributed by atoms with Crippen LogP contribution in [0, 0.1) is 0 Å². The molecule has 0 saturated carbocycles. The molecule has 0 aliphatic carbocycles. The minimum atomic E-state index is -3.35. The molecule has 0 unspecified atom stereocenters. The first-order valence-corrected chi connectivity index (χ1v) is 5.31. The second kappa shape index (κ2) is 3.62. The Morgan fingerprint density at radius 3 is 2.31 bits per heavy atom. The molecule has 0 bridgehead atoms. The van der Waals surface area contributed by atoms with Crippen LogP contribution in [0.2, 0.25) is 0 Å². The zero-order chi connectivity index (χ0) is 9.90. The Labute approximate surface area is 77.8 Å². The van der Waals surface area contributed by atoms with Crippen LogP contribution in [0.15, 0.2) is 46.3 Å². The van der Waals surface area contributed by atoms with Crippen molar-refractivity contribution in [1.82, 2.24) is 0 Å². The summed E-state index contributed by atoms with van der Waals surface area (Å²) in [5, 5.41) is 1.06. The minimum Gasteiger partial charge on any atom is -0.402 e. The summed E-state index contributed by atoms with van der Waals surface area (Å²) in [6, 6.07) is 8.18. The fourth-order valence-corrected chi connectivity index (χ4v) is 2.08. The predicted molar refractivity (Wildman–Crippen MR) is 51.6 cm³/mol. The normalized spacial score (nSPS) is 12.8. The van der Waals surface area contributed by atoms with Gasteiger partial charge in [0.2, 0.25) is 9.84 Å². The van der Waals surface area contributed by atoms with Crippen LogP contribution in [-0.4, -0.2) is 8.42 Å². The monoisotopic (exact) mass is 197 g/mol. The Hall–Kier alpha value is -1.29. The lowest BCUT2D eigenvalue weighted by Gasteiger charge is -1.98. The number of hydrogen-bond acceptors (Lipinski definition) is 3. The van der Waals surface area contributed by atoms with Crippen molar-refractivity contribution in [2.24, 2.45) is 5.73 Å². The SMILES string of the molecule is C/C(N)=C/S(=O)(=O)c1ccccc1. The van der Waals surface area contributed by atoms with Gasteiger partial charge >= 0.3 is 0 Å². The number of allylic oxidation sites excluding steroid dienone is 1. The van der Waals surface area contributed by atoms with E-state index in [-0.39, 0.29) is 10.6 Å². The van der Waals surface area contributed by atoms with Crippen LogP contribution in [0.4, 0.5) is 0 Å². The molecule has 0 aliphatic heterocycles. The number of rotatable bonds is 2. The molecule has 1 aromatic carbocycles.